The van der Waals surface area contributed by atoms with E-state index in [9.17, 15) is 4.79 Å². The van der Waals surface area contributed by atoms with E-state index < -0.39 is 5.60 Å². The Morgan fingerprint density at radius 3 is 2.63 bits per heavy atom. The number of ether oxygens (including phenoxy) is 2. The number of likely N-dealkylation sites (N-methyl/N-ethyl adjacent to an activating group) is 1. The zero-order chi connectivity index (χ0) is 21.3. The molecule has 0 aliphatic carbocycles. The average molecular weight is 554 g/mol. The normalized spacial score (nSPS) is 16.4. The van der Waals surface area contributed by atoms with Gasteiger partial charge in [0.05, 0.1) is 19.3 Å². The number of nitrogens with one attached hydrogen (secondary N) is 2. The summed E-state index contributed by atoms with van der Waals surface area (Å²) in [5.74, 6) is 0.720. The van der Waals surface area contributed by atoms with E-state index in [0.29, 0.717) is 13.1 Å². The number of nitrogens with zero attached hydrogens (tertiary/aromatic N) is 3. The van der Waals surface area contributed by atoms with E-state index in [1.165, 1.54) is 4.88 Å². The molecule has 1 aliphatic rings. The fourth-order valence-electron chi connectivity index (χ4n) is 2.97. The highest BCUT2D eigenvalue weighted by atomic mass is 127. The van der Waals surface area contributed by atoms with Crippen LogP contribution in [0.5, 0.6) is 0 Å². The fourth-order valence-corrected chi connectivity index (χ4v) is 3.83. The van der Waals surface area contributed by atoms with Crippen LogP contribution in [0.15, 0.2) is 22.5 Å². The van der Waals surface area contributed by atoms with Gasteiger partial charge in [0.15, 0.2) is 5.96 Å². The van der Waals surface area contributed by atoms with Gasteiger partial charge in [0.2, 0.25) is 0 Å². The number of amides is 1. The molecule has 8 nitrogen and oxygen atoms in total. The van der Waals surface area contributed by atoms with Crippen LogP contribution in [0.4, 0.5) is 4.79 Å². The third-order valence-electron chi connectivity index (χ3n) is 4.49. The largest absolute Gasteiger partial charge is 0.444 e. The lowest BCUT2D eigenvalue weighted by atomic mass is 10.2. The third kappa shape index (κ3) is 9.36. The van der Waals surface area contributed by atoms with Crippen LogP contribution in [0.2, 0.25) is 0 Å². The molecule has 1 unspecified atom stereocenters. The van der Waals surface area contributed by atoms with Crippen LogP contribution >= 0.6 is 35.3 Å². The average Bonchev–Trinajstić information content (AvgIpc) is 3.20. The first-order chi connectivity index (χ1) is 13.8. The Labute approximate surface area is 201 Å². The van der Waals surface area contributed by atoms with Crippen LogP contribution in [-0.4, -0.2) is 87.5 Å². The molecule has 30 heavy (non-hydrogen) atoms. The van der Waals surface area contributed by atoms with Gasteiger partial charge in [-0.1, -0.05) is 6.07 Å². The Bertz CT molecular complexity index is 645. The minimum absolute atomic E-state index is 0. The topological polar surface area (TPSA) is 78.4 Å². The number of aliphatic imine (C=N–C) groups is 1. The van der Waals surface area contributed by atoms with Crippen molar-refractivity contribution in [3.8, 4) is 0 Å². The molecule has 1 atom stereocenters. The number of carbonyl (C=O) groups excluding carboxylic acids is 1. The van der Waals surface area contributed by atoms with Crippen molar-refractivity contribution in [2.75, 3.05) is 60.0 Å². The summed E-state index contributed by atoms with van der Waals surface area (Å²) in [6.45, 7) is 10.8. The van der Waals surface area contributed by atoms with Gasteiger partial charge in [-0.15, -0.1) is 35.3 Å². The van der Waals surface area contributed by atoms with E-state index in [1.54, 1.807) is 30.3 Å². The molecule has 1 saturated heterocycles. The number of guanidine groups is 1. The number of hydrogen-bond donors (Lipinski definition) is 2. The smallest absolute Gasteiger partial charge is 0.410 e. The molecule has 1 aliphatic heterocycles. The summed E-state index contributed by atoms with van der Waals surface area (Å²) < 4.78 is 10.9. The lowest BCUT2D eigenvalue weighted by molar-refractivity contribution is 0.0177. The third-order valence-corrected chi connectivity index (χ3v) is 5.46. The second-order valence-corrected chi connectivity index (χ2v) is 8.94. The van der Waals surface area contributed by atoms with E-state index in [2.05, 4.69) is 38.0 Å². The molecule has 2 heterocycles. The summed E-state index contributed by atoms with van der Waals surface area (Å²) in [6.07, 6.45) is -0.327. The summed E-state index contributed by atoms with van der Waals surface area (Å²) in [5, 5.41) is 8.81. The molecule has 2 rings (SSSR count). The van der Waals surface area contributed by atoms with Crippen LogP contribution < -0.4 is 10.6 Å². The molecule has 0 aromatic carbocycles. The van der Waals surface area contributed by atoms with Gasteiger partial charge >= 0.3 is 6.09 Å². The second-order valence-electron chi connectivity index (χ2n) is 7.96. The Hall–Kier alpha value is -1.11. The van der Waals surface area contributed by atoms with Crippen molar-refractivity contribution in [1.82, 2.24) is 20.4 Å². The number of hydrogen-bond acceptors (Lipinski definition) is 6. The molecule has 0 bridgehead atoms. The van der Waals surface area contributed by atoms with Gasteiger partial charge in [-0.2, -0.15) is 0 Å². The molecular formula is C20H36IN5O3S. The first kappa shape index (κ1) is 26.9. The fraction of sp³-hybridized carbons (Fsp3) is 0.700. The van der Waals surface area contributed by atoms with E-state index >= 15 is 0 Å². The molecule has 10 heteroatoms. The van der Waals surface area contributed by atoms with E-state index in [4.69, 9.17) is 9.47 Å². The lowest BCUT2D eigenvalue weighted by Gasteiger charge is -2.34. The predicted octanol–water partition coefficient (Wildman–Crippen LogP) is 2.77. The Morgan fingerprint density at radius 1 is 1.37 bits per heavy atom. The summed E-state index contributed by atoms with van der Waals surface area (Å²) in [6, 6.07) is 4.55. The first-order valence-corrected chi connectivity index (χ1v) is 10.9. The highest BCUT2D eigenvalue weighted by Crippen LogP contribution is 2.25. The zero-order valence-corrected chi connectivity index (χ0v) is 21.8. The van der Waals surface area contributed by atoms with Gasteiger partial charge in [0, 0.05) is 51.7 Å². The summed E-state index contributed by atoms with van der Waals surface area (Å²) in [4.78, 5) is 21.7. The van der Waals surface area contributed by atoms with Crippen LogP contribution in [0.3, 0.4) is 0 Å². The Balaban J connectivity index is 0.00000450. The number of carbonyl (C=O) groups is 1. The van der Waals surface area contributed by atoms with E-state index in [-0.39, 0.29) is 36.1 Å². The van der Waals surface area contributed by atoms with Crippen LogP contribution in [0.25, 0.3) is 0 Å². The summed E-state index contributed by atoms with van der Waals surface area (Å²) in [7, 11) is 3.49. The molecule has 1 amide bonds. The quantitative estimate of drug-likeness (QED) is 0.307. The molecule has 0 saturated carbocycles. The van der Waals surface area contributed by atoms with Crippen molar-refractivity contribution in [1.29, 1.82) is 0 Å². The van der Waals surface area contributed by atoms with Crippen molar-refractivity contribution in [3.63, 3.8) is 0 Å². The van der Waals surface area contributed by atoms with Gasteiger partial charge in [-0.25, -0.2) is 4.79 Å². The number of thiophene rings is 1. The van der Waals surface area contributed by atoms with Gasteiger partial charge in [-0.3, -0.25) is 9.89 Å². The zero-order valence-electron chi connectivity index (χ0n) is 18.6. The van der Waals surface area contributed by atoms with Crippen molar-refractivity contribution in [2.24, 2.45) is 4.99 Å². The SMILES string of the molecule is CN=C(NCCN(C)C(=O)OC(C)(C)C)NCC(c1cccs1)N1CCOCC1.I. The minimum atomic E-state index is -0.493. The molecular weight excluding hydrogens is 517 g/mol. The molecule has 1 fully saturated rings. The monoisotopic (exact) mass is 553 g/mol. The van der Waals surface area contributed by atoms with Crippen LogP contribution in [0.1, 0.15) is 31.7 Å². The molecule has 0 radical (unpaired) electrons. The van der Waals surface area contributed by atoms with Crippen molar-refractivity contribution >= 4 is 47.4 Å². The Kier molecular flexibility index (Phi) is 12.0. The summed E-state index contributed by atoms with van der Waals surface area (Å²) in [5.41, 5.74) is -0.493. The van der Waals surface area contributed by atoms with Crippen molar-refractivity contribution in [3.05, 3.63) is 22.4 Å². The second kappa shape index (κ2) is 13.3. The van der Waals surface area contributed by atoms with Crippen molar-refractivity contribution < 1.29 is 14.3 Å². The maximum Gasteiger partial charge on any atom is 0.410 e. The molecule has 0 spiro atoms. The van der Waals surface area contributed by atoms with Gasteiger partial charge < -0.3 is 25.0 Å². The molecule has 1 aromatic heterocycles. The molecule has 172 valence electrons. The number of halogens is 1. The van der Waals surface area contributed by atoms with Gasteiger partial charge in [0.25, 0.3) is 0 Å². The standard InChI is InChI=1S/C20H35N5O3S.HI/c1-20(2,3)28-19(26)24(5)9-8-22-18(21-4)23-15-16(17-7-6-14-29-17)25-10-12-27-13-11-25;/h6-7,14,16H,8-13,15H2,1-5H3,(H2,21,22,23);1H. The number of rotatable bonds is 7. The van der Waals surface area contributed by atoms with E-state index in [0.717, 1.165) is 38.8 Å². The van der Waals surface area contributed by atoms with Crippen molar-refractivity contribution in [2.45, 2.75) is 32.4 Å². The maximum absolute atomic E-state index is 12.0. The number of morpholine rings is 1. The molecule has 2 N–H and O–H groups in total. The first-order valence-electron chi connectivity index (χ1n) is 10.0. The van der Waals surface area contributed by atoms with Gasteiger partial charge in [0.1, 0.15) is 5.60 Å². The minimum Gasteiger partial charge on any atom is -0.444 e. The summed E-state index contributed by atoms with van der Waals surface area (Å²) >= 11 is 1.77. The highest BCUT2D eigenvalue weighted by molar-refractivity contribution is 14.0. The highest BCUT2D eigenvalue weighted by Gasteiger charge is 2.24. The predicted molar refractivity (Wildman–Crippen MR) is 133 cm³/mol. The Morgan fingerprint density at radius 2 is 2.07 bits per heavy atom. The van der Waals surface area contributed by atoms with E-state index in [1.807, 2.05) is 20.8 Å². The van der Waals surface area contributed by atoms with Gasteiger partial charge in [-0.05, 0) is 32.2 Å². The van der Waals surface area contributed by atoms with Crippen LogP contribution in [0, 0.1) is 0 Å². The lowest BCUT2D eigenvalue weighted by Crippen LogP contribution is -2.47. The maximum atomic E-state index is 12.0. The van der Waals surface area contributed by atoms with Crippen LogP contribution in [-0.2, 0) is 9.47 Å². The molecule has 1 aromatic rings.